The second kappa shape index (κ2) is 6.18. The molecule has 1 unspecified atom stereocenters. The summed E-state index contributed by atoms with van der Waals surface area (Å²) in [5, 5.41) is 10.1. The van der Waals surface area contributed by atoms with E-state index in [2.05, 4.69) is 16.0 Å². The maximum Gasteiger partial charge on any atom is 0.258 e. The Morgan fingerprint density at radius 2 is 1.84 bits per heavy atom. The van der Waals surface area contributed by atoms with Gasteiger partial charge in [0.1, 0.15) is 5.75 Å². The third-order valence-corrected chi connectivity index (χ3v) is 5.64. The van der Waals surface area contributed by atoms with Gasteiger partial charge in [0.15, 0.2) is 6.61 Å². The Balaban J connectivity index is 1.20. The van der Waals surface area contributed by atoms with Crippen molar-refractivity contribution < 1.29 is 14.3 Å². The molecule has 3 saturated carbocycles. The van der Waals surface area contributed by atoms with Gasteiger partial charge in [-0.15, -0.1) is 0 Å². The molecule has 1 saturated heterocycles. The summed E-state index contributed by atoms with van der Waals surface area (Å²) in [6.07, 6.45) is 4.39. The predicted molar refractivity (Wildman–Crippen MR) is 93.6 cm³/mol. The summed E-state index contributed by atoms with van der Waals surface area (Å²) >= 11 is 5.81. The number of ether oxygens (including phenoxy) is 1. The Kier molecular flexibility index (Phi) is 4.12. The average molecular weight is 364 g/mol. The van der Waals surface area contributed by atoms with Gasteiger partial charge in [0.05, 0.1) is 6.04 Å². The Hall–Kier alpha value is -1.79. The lowest BCUT2D eigenvalue weighted by Gasteiger charge is -2.70. The second-order valence-electron chi connectivity index (χ2n) is 7.52. The predicted octanol–water partition coefficient (Wildman–Crippen LogP) is 1.38. The summed E-state index contributed by atoms with van der Waals surface area (Å²) < 4.78 is 5.46. The van der Waals surface area contributed by atoms with Gasteiger partial charge in [-0.3, -0.25) is 9.59 Å². The standard InChI is InChI=1S/C18H22ClN3O3/c19-12-3-5-13(6-4-12)25-8-15(23)21-17-9-18(10-17,11-17)22-16(24)14-2-1-7-20-14/h3-6,14,20H,1-2,7-11H2,(H,21,23)(H,22,24). The molecule has 2 amide bonds. The van der Waals surface area contributed by atoms with Crippen molar-refractivity contribution in [1.29, 1.82) is 0 Å². The lowest BCUT2D eigenvalue weighted by molar-refractivity contribution is -0.151. The van der Waals surface area contributed by atoms with Crippen molar-refractivity contribution in [1.82, 2.24) is 16.0 Å². The molecule has 2 bridgehead atoms. The number of hydrogen-bond acceptors (Lipinski definition) is 4. The van der Waals surface area contributed by atoms with Crippen LogP contribution in [-0.2, 0) is 9.59 Å². The monoisotopic (exact) mass is 363 g/mol. The number of carbonyl (C=O) groups is 2. The first-order chi connectivity index (χ1) is 12.0. The van der Waals surface area contributed by atoms with E-state index in [1.807, 2.05) is 0 Å². The summed E-state index contributed by atoms with van der Waals surface area (Å²) in [5.74, 6) is 0.583. The number of carbonyl (C=O) groups excluding carboxylic acids is 2. The van der Waals surface area contributed by atoms with Crippen LogP contribution < -0.4 is 20.7 Å². The maximum absolute atomic E-state index is 12.2. The minimum absolute atomic E-state index is 0.0191. The number of benzene rings is 1. The number of nitrogens with one attached hydrogen (secondary N) is 3. The molecule has 5 rings (SSSR count). The quantitative estimate of drug-likeness (QED) is 0.713. The highest BCUT2D eigenvalue weighted by molar-refractivity contribution is 6.30. The van der Waals surface area contributed by atoms with Crippen molar-refractivity contribution in [3.63, 3.8) is 0 Å². The van der Waals surface area contributed by atoms with Gasteiger partial charge in [0.2, 0.25) is 5.91 Å². The molecule has 0 aromatic heterocycles. The number of amides is 2. The first kappa shape index (κ1) is 16.7. The summed E-state index contributed by atoms with van der Waals surface area (Å²) in [4.78, 5) is 24.3. The summed E-state index contributed by atoms with van der Waals surface area (Å²) in [5.41, 5.74) is -0.261. The maximum atomic E-state index is 12.2. The van der Waals surface area contributed by atoms with Crippen LogP contribution in [0.3, 0.4) is 0 Å². The zero-order valence-corrected chi connectivity index (χ0v) is 14.7. The Labute approximate surface area is 151 Å². The van der Waals surface area contributed by atoms with Crippen LogP contribution in [0.4, 0.5) is 0 Å². The van der Waals surface area contributed by atoms with Crippen LogP contribution in [0.15, 0.2) is 24.3 Å². The van der Waals surface area contributed by atoms with Gasteiger partial charge in [-0.1, -0.05) is 11.6 Å². The largest absolute Gasteiger partial charge is 0.484 e. The van der Waals surface area contributed by atoms with Crippen LogP contribution in [0.25, 0.3) is 0 Å². The third-order valence-electron chi connectivity index (χ3n) is 5.38. The number of hydrogen-bond donors (Lipinski definition) is 3. The molecule has 0 spiro atoms. The fourth-order valence-electron chi connectivity index (χ4n) is 4.32. The lowest BCUT2D eigenvalue weighted by atomic mass is 9.44. The van der Waals surface area contributed by atoms with Gasteiger partial charge < -0.3 is 20.7 Å². The summed E-state index contributed by atoms with van der Waals surface area (Å²) in [6, 6.07) is 6.87. The molecular formula is C18H22ClN3O3. The zero-order chi connectivity index (χ0) is 17.5. The minimum atomic E-state index is -0.156. The van der Waals surface area contributed by atoms with E-state index in [0.717, 1.165) is 38.6 Å². The van der Waals surface area contributed by atoms with Crippen molar-refractivity contribution in [3.05, 3.63) is 29.3 Å². The molecule has 1 aliphatic heterocycles. The fraction of sp³-hybridized carbons (Fsp3) is 0.556. The molecule has 7 heteroatoms. The first-order valence-corrected chi connectivity index (χ1v) is 9.10. The van der Waals surface area contributed by atoms with E-state index in [0.29, 0.717) is 10.8 Å². The molecule has 0 radical (unpaired) electrons. The van der Waals surface area contributed by atoms with Crippen LogP contribution in [0.5, 0.6) is 5.75 Å². The highest BCUT2D eigenvalue weighted by atomic mass is 35.5. The molecule has 1 aromatic carbocycles. The lowest BCUT2D eigenvalue weighted by Crippen LogP contribution is -2.84. The number of halogens is 1. The van der Waals surface area contributed by atoms with Crippen LogP contribution in [0.1, 0.15) is 32.1 Å². The summed E-state index contributed by atoms with van der Waals surface area (Å²) in [6.45, 7) is 0.896. The zero-order valence-electron chi connectivity index (χ0n) is 13.9. The molecule has 1 heterocycles. The highest BCUT2D eigenvalue weighted by Gasteiger charge is 2.69. The van der Waals surface area contributed by atoms with Gasteiger partial charge in [-0.25, -0.2) is 0 Å². The van der Waals surface area contributed by atoms with E-state index in [4.69, 9.17) is 16.3 Å². The molecule has 3 N–H and O–H groups in total. The van der Waals surface area contributed by atoms with Crippen molar-refractivity contribution in [2.45, 2.75) is 49.2 Å². The van der Waals surface area contributed by atoms with Crippen molar-refractivity contribution in [2.75, 3.05) is 13.2 Å². The Bertz CT molecular complexity index is 666. The van der Waals surface area contributed by atoms with E-state index in [-0.39, 0.29) is 35.5 Å². The van der Waals surface area contributed by atoms with Gasteiger partial charge in [0.25, 0.3) is 5.91 Å². The normalized spacial score (nSPS) is 32.3. The Morgan fingerprint density at radius 1 is 1.16 bits per heavy atom. The molecule has 3 aliphatic carbocycles. The molecule has 6 nitrogen and oxygen atoms in total. The molecule has 1 atom stereocenters. The van der Waals surface area contributed by atoms with Crippen molar-refractivity contribution >= 4 is 23.4 Å². The molecule has 25 heavy (non-hydrogen) atoms. The molecule has 1 aromatic rings. The van der Waals surface area contributed by atoms with Crippen LogP contribution >= 0.6 is 11.6 Å². The smallest absolute Gasteiger partial charge is 0.258 e. The first-order valence-electron chi connectivity index (χ1n) is 8.73. The SMILES string of the molecule is O=C(COc1ccc(Cl)cc1)NC12CC(NC(=O)C3CCCN3)(C1)C2. The van der Waals surface area contributed by atoms with Crippen LogP contribution in [0.2, 0.25) is 5.02 Å². The summed E-state index contributed by atoms with van der Waals surface area (Å²) in [7, 11) is 0. The van der Waals surface area contributed by atoms with Gasteiger partial charge in [-0.2, -0.15) is 0 Å². The second-order valence-corrected chi connectivity index (χ2v) is 7.96. The molecule has 134 valence electrons. The minimum Gasteiger partial charge on any atom is -0.484 e. The van der Waals surface area contributed by atoms with E-state index in [1.165, 1.54) is 0 Å². The van der Waals surface area contributed by atoms with E-state index in [9.17, 15) is 9.59 Å². The van der Waals surface area contributed by atoms with E-state index in [1.54, 1.807) is 24.3 Å². The average Bonchev–Trinajstić information content (AvgIpc) is 3.05. The Morgan fingerprint density at radius 3 is 2.48 bits per heavy atom. The van der Waals surface area contributed by atoms with Gasteiger partial charge in [0, 0.05) is 16.1 Å². The molecular weight excluding hydrogens is 342 g/mol. The number of rotatable bonds is 6. The fourth-order valence-corrected chi connectivity index (χ4v) is 4.45. The van der Waals surface area contributed by atoms with Crippen LogP contribution in [-0.4, -0.2) is 42.1 Å². The van der Waals surface area contributed by atoms with E-state index >= 15 is 0 Å². The van der Waals surface area contributed by atoms with Crippen molar-refractivity contribution in [2.24, 2.45) is 0 Å². The van der Waals surface area contributed by atoms with E-state index < -0.39 is 0 Å². The molecule has 4 fully saturated rings. The topological polar surface area (TPSA) is 79.5 Å². The highest BCUT2D eigenvalue weighted by Crippen LogP contribution is 2.60. The van der Waals surface area contributed by atoms with Gasteiger partial charge >= 0.3 is 0 Å². The van der Waals surface area contributed by atoms with Crippen molar-refractivity contribution in [3.8, 4) is 5.75 Å². The third kappa shape index (κ3) is 3.33. The van der Waals surface area contributed by atoms with Gasteiger partial charge in [-0.05, 0) is 62.9 Å². The molecule has 4 aliphatic rings. The van der Waals surface area contributed by atoms with Crippen LogP contribution in [0, 0.1) is 0 Å².